The van der Waals surface area contributed by atoms with E-state index >= 15 is 0 Å². The van der Waals surface area contributed by atoms with Gasteiger partial charge in [0.25, 0.3) is 5.91 Å². The third-order valence-corrected chi connectivity index (χ3v) is 7.47. The molecule has 1 atom stereocenters. The number of amides is 1. The molecule has 5 rings (SSSR count). The molecule has 6 nitrogen and oxygen atoms in total. The molecule has 7 heteroatoms. The average molecular weight is 486 g/mol. The Labute approximate surface area is 208 Å². The molecule has 0 saturated carbocycles. The van der Waals surface area contributed by atoms with Crippen LogP contribution in [0.25, 0.3) is 10.1 Å². The molecule has 1 aliphatic rings. The van der Waals surface area contributed by atoms with Gasteiger partial charge in [0, 0.05) is 43.5 Å². The zero-order chi connectivity index (χ0) is 24.2. The minimum absolute atomic E-state index is 0.0359. The minimum atomic E-state index is -0.282. The van der Waals surface area contributed by atoms with Crippen LogP contribution in [-0.4, -0.2) is 59.4 Å². The van der Waals surface area contributed by atoms with Crippen molar-refractivity contribution in [2.45, 2.75) is 18.5 Å². The highest BCUT2D eigenvalue weighted by Gasteiger charge is 2.37. The van der Waals surface area contributed by atoms with Crippen LogP contribution in [0.4, 0.5) is 0 Å². The van der Waals surface area contributed by atoms with E-state index in [1.165, 1.54) is 7.11 Å². The SMILES string of the molecule is COC(=O)CC1CN(C(=O)c2cncc3sccc23)CCN1C(c1ccccc1)c1ccccc1. The summed E-state index contributed by atoms with van der Waals surface area (Å²) in [7, 11) is 1.41. The second-order valence-corrected chi connectivity index (χ2v) is 9.61. The second-order valence-electron chi connectivity index (χ2n) is 8.67. The van der Waals surface area contributed by atoms with Gasteiger partial charge in [0.1, 0.15) is 0 Å². The lowest BCUT2D eigenvalue weighted by Crippen LogP contribution is -2.56. The molecule has 35 heavy (non-hydrogen) atoms. The lowest BCUT2D eigenvalue weighted by molar-refractivity contribution is -0.142. The Bertz CT molecular complexity index is 1270. The molecule has 4 aromatic rings. The monoisotopic (exact) mass is 485 g/mol. The van der Waals surface area contributed by atoms with E-state index in [1.807, 2.05) is 52.7 Å². The van der Waals surface area contributed by atoms with Crippen molar-refractivity contribution >= 4 is 33.3 Å². The van der Waals surface area contributed by atoms with Crippen LogP contribution in [0.15, 0.2) is 84.5 Å². The summed E-state index contributed by atoms with van der Waals surface area (Å²) < 4.78 is 6.04. The van der Waals surface area contributed by atoms with E-state index in [2.05, 4.69) is 34.1 Å². The predicted molar refractivity (Wildman–Crippen MR) is 137 cm³/mol. The smallest absolute Gasteiger partial charge is 0.307 e. The molecule has 0 radical (unpaired) electrons. The van der Waals surface area contributed by atoms with Gasteiger partial charge in [-0.2, -0.15) is 0 Å². The number of carbonyl (C=O) groups excluding carboxylic acids is 2. The molecule has 1 saturated heterocycles. The Morgan fingerprint density at radius 2 is 1.69 bits per heavy atom. The van der Waals surface area contributed by atoms with Gasteiger partial charge in [0.15, 0.2) is 0 Å². The molecule has 0 bridgehead atoms. The van der Waals surface area contributed by atoms with Gasteiger partial charge in [-0.1, -0.05) is 60.7 Å². The predicted octanol–water partition coefficient (Wildman–Crippen LogP) is 4.78. The van der Waals surface area contributed by atoms with E-state index in [0.29, 0.717) is 25.2 Å². The molecule has 1 unspecified atom stereocenters. The molecule has 1 amide bonds. The van der Waals surface area contributed by atoms with Gasteiger partial charge in [0.05, 0.1) is 29.8 Å². The standard InChI is InChI=1S/C28H27N3O3S/c1-34-26(32)16-22-19-30(28(33)24-17-29-18-25-23(24)12-15-35-25)13-14-31(22)27(20-8-4-2-5-9-20)21-10-6-3-7-11-21/h2-12,15,17-18,22,27H,13-14,16,19H2,1H3. The van der Waals surface area contributed by atoms with E-state index < -0.39 is 0 Å². The number of thiophene rings is 1. The number of hydrogen-bond acceptors (Lipinski definition) is 6. The van der Waals surface area contributed by atoms with Crippen molar-refractivity contribution in [1.82, 2.24) is 14.8 Å². The van der Waals surface area contributed by atoms with Gasteiger partial charge < -0.3 is 9.64 Å². The average Bonchev–Trinajstić information content (AvgIpc) is 3.40. The van der Waals surface area contributed by atoms with Crippen molar-refractivity contribution in [3.63, 3.8) is 0 Å². The van der Waals surface area contributed by atoms with Gasteiger partial charge in [-0.05, 0) is 22.6 Å². The summed E-state index contributed by atoms with van der Waals surface area (Å²) >= 11 is 1.57. The second kappa shape index (κ2) is 10.4. The molecular formula is C28H27N3O3S. The van der Waals surface area contributed by atoms with Crippen LogP contribution in [0, 0.1) is 0 Å². The van der Waals surface area contributed by atoms with Gasteiger partial charge in [-0.15, -0.1) is 11.3 Å². The summed E-state index contributed by atoms with van der Waals surface area (Å²) in [6.07, 6.45) is 3.65. The molecular weight excluding hydrogens is 458 g/mol. The van der Waals surface area contributed by atoms with E-state index in [4.69, 9.17) is 4.74 Å². The van der Waals surface area contributed by atoms with E-state index in [0.717, 1.165) is 21.2 Å². The van der Waals surface area contributed by atoms with Gasteiger partial charge in [-0.25, -0.2) is 0 Å². The summed E-state index contributed by atoms with van der Waals surface area (Å²) in [5.74, 6) is -0.331. The van der Waals surface area contributed by atoms with Crippen molar-refractivity contribution in [3.8, 4) is 0 Å². The number of rotatable bonds is 6. The first-order valence-corrected chi connectivity index (χ1v) is 12.6. The van der Waals surface area contributed by atoms with Crippen molar-refractivity contribution in [3.05, 3.63) is 101 Å². The van der Waals surface area contributed by atoms with Crippen molar-refractivity contribution in [2.24, 2.45) is 0 Å². The number of fused-ring (bicyclic) bond motifs is 1. The largest absolute Gasteiger partial charge is 0.469 e. The summed E-state index contributed by atoms with van der Waals surface area (Å²) in [6, 6.07) is 22.4. The normalized spacial score (nSPS) is 16.5. The first-order chi connectivity index (χ1) is 17.2. The summed E-state index contributed by atoms with van der Waals surface area (Å²) in [4.78, 5) is 34.5. The van der Waals surface area contributed by atoms with E-state index in [9.17, 15) is 9.59 Å². The molecule has 0 N–H and O–H groups in total. The van der Waals surface area contributed by atoms with E-state index in [-0.39, 0.29) is 30.4 Å². The highest BCUT2D eigenvalue weighted by atomic mass is 32.1. The zero-order valence-corrected chi connectivity index (χ0v) is 20.4. The number of esters is 1. The third kappa shape index (κ3) is 4.83. The third-order valence-electron chi connectivity index (χ3n) is 6.62. The van der Waals surface area contributed by atoms with Gasteiger partial charge >= 0.3 is 5.97 Å². The van der Waals surface area contributed by atoms with Crippen molar-refractivity contribution in [1.29, 1.82) is 0 Å². The first kappa shape index (κ1) is 23.2. The van der Waals surface area contributed by atoms with Crippen LogP contribution >= 0.6 is 11.3 Å². The lowest BCUT2D eigenvalue weighted by Gasteiger charge is -2.45. The number of pyridine rings is 1. The molecule has 0 spiro atoms. The van der Waals surface area contributed by atoms with Gasteiger partial charge in [-0.3, -0.25) is 19.5 Å². The number of piperazine rings is 1. The molecule has 1 aliphatic heterocycles. The maximum atomic E-state index is 13.6. The quantitative estimate of drug-likeness (QED) is 0.368. The van der Waals surface area contributed by atoms with Crippen LogP contribution in [0.3, 0.4) is 0 Å². The number of benzene rings is 2. The van der Waals surface area contributed by atoms with Crippen molar-refractivity contribution < 1.29 is 14.3 Å². The fraction of sp³-hybridized carbons (Fsp3) is 0.250. The topological polar surface area (TPSA) is 62.7 Å². The Morgan fingerprint density at radius 3 is 2.34 bits per heavy atom. The fourth-order valence-corrected chi connectivity index (χ4v) is 5.71. The fourth-order valence-electron chi connectivity index (χ4n) is 4.93. The highest BCUT2D eigenvalue weighted by molar-refractivity contribution is 7.17. The Balaban J connectivity index is 1.48. The van der Waals surface area contributed by atoms with Crippen LogP contribution in [0.5, 0.6) is 0 Å². The minimum Gasteiger partial charge on any atom is -0.469 e. The van der Waals surface area contributed by atoms with E-state index in [1.54, 1.807) is 23.7 Å². The number of ether oxygens (including phenoxy) is 1. The summed E-state index contributed by atoms with van der Waals surface area (Å²) in [5, 5.41) is 2.90. The van der Waals surface area contributed by atoms with Crippen LogP contribution < -0.4 is 0 Å². The number of nitrogens with zero attached hydrogens (tertiary/aromatic N) is 3. The summed E-state index contributed by atoms with van der Waals surface area (Å²) in [5.41, 5.74) is 2.91. The lowest BCUT2D eigenvalue weighted by atomic mass is 9.93. The first-order valence-electron chi connectivity index (χ1n) is 11.7. The molecule has 2 aromatic heterocycles. The molecule has 2 aromatic carbocycles. The number of hydrogen-bond donors (Lipinski definition) is 0. The van der Waals surface area contributed by atoms with Gasteiger partial charge in [0.2, 0.25) is 0 Å². The van der Waals surface area contributed by atoms with Crippen LogP contribution in [0.1, 0.15) is 33.9 Å². The maximum absolute atomic E-state index is 13.6. The number of methoxy groups -OCH3 is 1. The van der Waals surface area contributed by atoms with Crippen LogP contribution in [-0.2, 0) is 9.53 Å². The maximum Gasteiger partial charge on any atom is 0.307 e. The Hall–Kier alpha value is -3.55. The van der Waals surface area contributed by atoms with Crippen LogP contribution in [0.2, 0.25) is 0 Å². The molecule has 1 fully saturated rings. The Kier molecular flexibility index (Phi) is 6.88. The number of aromatic nitrogens is 1. The van der Waals surface area contributed by atoms with Crippen molar-refractivity contribution in [2.75, 3.05) is 26.7 Å². The summed E-state index contributed by atoms with van der Waals surface area (Å²) in [6.45, 7) is 1.63. The number of carbonyl (C=O) groups is 2. The molecule has 3 heterocycles. The molecule has 0 aliphatic carbocycles. The Morgan fingerprint density at radius 1 is 1.00 bits per heavy atom. The highest BCUT2D eigenvalue weighted by Crippen LogP contribution is 2.33. The molecule has 178 valence electrons. The zero-order valence-electron chi connectivity index (χ0n) is 19.5.